The van der Waals surface area contributed by atoms with Crippen molar-refractivity contribution in [3.63, 3.8) is 0 Å². The summed E-state index contributed by atoms with van der Waals surface area (Å²) in [5.41, 5.74) is 0. The van der Waals surface area contributed by atoms with Crippen LogP contribution in [-0.2, 0) is 4.79 Å². The second-order valence-corrected chi connectivity index (χ2v) is 4.10. The SMILES string of the molecule is CCCCC(=O)O.CC[N+](C)(C)C. The first-order chi connectivity index (χ1) is 5.83. The Morgan fingerprint density at radius 2 is 1.62 bits per heavy atom. The van der Waals surface area contributed by atoms with Crippen molar-refractivity contribution in [3.05, 3.63) is 0 Å². The minimum atomic E-state index is -0.693. The molecule has 80 valence electrons. The van der Waals surface area contributed by atoms with Crippen LogP contribution in [0, 0.1) is 0 Å². The van der Waals surface area contributed by atoms with Gasteiger partial charge in [-0.2, -0.15) is 0 Å². The highest BCUT2D eigenvalue weighted by molar-refractivity contribution is 5.66. The van der Waals surface area contributed by atoms with Crippen LogP contribution in [0.15, 0.2) is 0 Å². The highest BCUT2D eigenvalue weighted by Crippen LogP contribution is 1.91. The number of quaternary nitrogens is 1. The summed E-state index contributed by atoms with van der Waals surface area (Å²) in [6.07, 6.45) is 2.08. The molecule has 0 unspecified atom stereocenters. The van der Waals surface area contributed by atoms with Gasteiger partial charge >= 0.3 is 5.97 Å². The fraction of sp³-hybridized carbons (Fsp3) is 0.900. The molecular weight excluding hydrogens is 166 g/mol. The van der Waals surface area contributed by atoms with E-state index >= 15 is 0 Å². The molecule has 0 saturated carbocycles. The Morgan fingerprint density at radius 1 is 1.23 bits per heavy atom. The summed E-state index contributed by atoms with van der Waals surface area (Å²) in [4.78, 5) is 9.76. The van der Waals surface area contributed by atoms with Crippen LogP contribution >= 0.6 is 0 Å². The number of carboxylic acids is 1. The van der Waals surface area contributed by atoms with Crippen molar-refractivity contribution in [1.29, 1.82) is 0 Å². The van der Waals surface area contributed by atoms with Crippen molar-refractivity contribution >= 4 is 5.97 Å². The third-order valence-electron chi connectivity index (χ3n) is 1.69. The quantitative estimate of drug-likeness (QED) is 0.688. The van der Waals surface area contributed by atoms with E-state index in [1.807, 2.05) is 6.92 Å². The Kier molecular flexibility index (Phi) is 9.24. The fourth-order valence-corrected chi connectivity index (χ4v) is 0.328. The lowest BCUT2D eigenvalue weighted by Gasteiger charge is -2.20. The lowest BCUT2D eigenvalue weighted by molar-refractivity contribution is -0.868. The third kappa shape index (κ3) is 24.6. The molecule has 0 amide bonds. The molecule has 0 radical (unpaired) electrons. The zero-order chi connectivity index (χ0) is 10.9. The van der Waals surface area contributed by atoms with E-state index in [1.54, 1.807) is 0 Å². The number of aliphatic carboxylic acids is 1. The van der Waals surface area contributed by atoms with E-state index in [0.717, 1.165) is 17.3 Å². The molecular formula is C10H24NO2+. The van der Waals surface area contributed by atoms with E-state index in [-0.39, 0.29) is 0 Å². The lowest BCUT2D eigenvalue weighted by atomic mass is 10.3. The van der Waals surface area contributed by atoms with E-state index < -0.39 is 5.97 Å². The summed E-state index contributed by atoms with van der Waals surface area (Å²) < 4.78 is 1.07. The maximum Gasteiger partial charge on any atom is 0.303 e. The molecule has 0 aromatic carbocycles. The molecule has 0 aromatic rings. The Hall–Kier alpha value is -0.570. The number of carboxylic acid groups (broad SMARTS) is 1. The zero-order valence-corrected chi connectivity index (χ0v) is 9.63. The van der Waals surface area contributed by atoms with Crippen molar-refractivity contribution in [2.24, 2.45) is 0 Å². The van der Waals surface area contributed by atoms with Crippen molar-refractivity contribution in [1.82, 2.24) is 0 Å². The molecule has 0 spiro atoms. The highest BCUT2D eigenvalue weighted by Gasteiger charge is 1.97. The van der Waals surface area contributed by atoms with Crippen molar-refractivity contribution in [3.8, 4) is 0 Å². The van der Waals surface area contributed by atoms with Gasteiger partial charge in [0.1, 0.15) is 0 Å². The fourth-order valence-electron chi connectivity index (χ4n) is 0.328. The van der Waals surface area contributed by atoms with Gasteiger partial charge in [0.2, 0.25) is 0 Å². The summed E-state index contributed by atoms with van der Waals surface area (Å²) in [5, 5.41) is 8.04. The number of carbonyl (C=O) groups is 1. The molecule has 3 nitrogen and oxygen atoms in total. The highest BCUT2D eigenvalue weighted by atomic mass is 16.4. The molecule has 0 atom stereocenters. The number of hydrogen-bond acceptors (Lipinski definition) is 1. The minimum Gasteiger partial charge on any atom is -0.481 e. The Bertz CT molecular complexity index is 127. The molecule has 3 heteroatoms. The second-order valence-electron chi connectivity index (χ2n) is 4.10. The monoisotopic (exact) mass is 190 g/mol. The van der Waals surface area contributed by atoms with Gasteiger partial charge in [-0.3, -0.25) is 4.79 Å². The Morgan fingerprint density at radius 3 is 1.69 bits per heavy atom. The van der Waals surface area contributed by atoms with Gasteiger partial charge in [0.15, 0.2) is 0 Å². The number of unbranched alkanes of at least 4 members (excludes halogenated alkanes) is 1. The van der Waals surface area contributed by atoms with Gasteiger partial charge in [0.25, 0.3) is 0 Å². The topological polar surface area (TPSA) is 37.3 Å². The van der Waals surface area contributed by atoms with Crippen molar-refractivity contribution in [2.45, 2.75) is 33.1 Å². The minimum absolute atomic E-state index is 0.316. The maximum atomic E-state index is 9.76. The molecule has 13 heavy (non-hydrogen) atoms. The van der Waals surface area contributed by atoms with E-state index in [9.17, 15) is 4.79 Å². The predicted molar refractivity (Wildman–Crippen MR) is 55.7 cm³/mol. The molecule has 1 N–H and O–H groups in total. The van der Waals surface area contributed by atoms with Crippen LogP contribution in [0.4, 0.5) is 0 Å². The second kappa shape index (κ2) is 8.05. The Balaban J connectivity index is 0. The summed E-state index contributed by atoms with van der Waals surface area (Å²) in [6, 6.07) is 0. The number of hydrogen-bond donors (Lipinski definition) is 1. The summed E-state index contributed by atoms with van der Waals surface area (Å²) in [7, 11) is 6.54. The van der Waals surface area contributed by atoms with Gasteiger partial charge < -0.3 is 9.59 Å². The largest absolute Gasteiger partial charge is 0.481 e. The molecule has 0 fully saturated rings. The van der Waals surface area contributed by atoms with Crippen LogP contribution < -0.4 is 0 Å². The van der Waals surface area contributed by atoms with Gasteiger partial charge in [0, 0.05) is 6.42 Å². The standard InChI is InChI=1S/C5H14N.C5H10O2/c1-5-6(2,3)4;1-2-3-4-5(6)7/h5H2,1-4H3;2-4H2,1H3,(H,6,7)/q+1;. The number of nitrogens with zero attached hydrogens (tertiary/aromatic N) is 1. The van der Waals surface area contributed by atoms with Crippen LogP contribution in [0.2, 0.25) is 0 Å². The van der Waals surface area contributed by atoms with Gasteiger partial charge in [-0.1, -0.05) is 13.3 Å². The van der Waals surface area contributed by atoms with E-state index in [4.69, 9.17) is 5.11 Å². The first-order valence-electron chi connectivity index (χ1n) is 4.85. The average molecular weight is 190 g/mol. The summed E-state index contributed by atoms with van der Waals surface area (Å²) in [6.45, 7) is 5.36. The van der Waals surface area contributed by atoms with Crippen LogP contribution in [0.25, 0.3) is 0 Å². The first-order valence-corrected chi connectivity index (χ1v) is 4.85. The summed E-state index contributed by atoms with van der Waals surface area (Å²) in [5.74, 6) is -0.693. The van der Waals surface area contributed by atoms with Crippen molar-refractivity contribution in [2.75, 3.05) is 27.7 Å². The van der Waals surface area contributed by atoms with Gasteiger partial charge in [-0.05, 0) is 13.3 Å². The zero-order valence-electron chi connectivity index (χ0n) is 9.63. The first kappa shape index (κ1) is 14.9. The molecule has 0 bridgehead atoms. The van der Waals surface area contributed by atoms with Gasteiger partial charge in [-0.25, -0.2) is 0 Å². The van der Waals surface area contributed by atoms with E-state index in [2.05, 4.69) is 28.1 Å². The van der Waals surface area contributed by atoms with E-state index in [1.165, 1.54) is 6.54 Å². The van der Waals surface area contributed by atoms with Gasteiger partial charge in [0.05, 0.1) is 27.7 Å². The van der Waals surface area contributed by atoms with Crippen LogP contribution in [0.1, 0.15) is 33.1 Å². The van der Waals surface area contributed by atoms with Gasteiger partial charge in [-0.15, -0.1) is 0 Å². The average Bonchev–Trinajstić information content (AvgIpc) is 2.01. The molecule has 0 aliphatic carbocycles. The molecule has 0 aliphatic heterocycles. The lowest BCUT2D eigenvalue weighted by Crippen LogP contribution is -2.33. The van der Waals surface area contributed by atoms with E-state index in [0.29, 0.717) is 6.42 Å². The molecule has 0 aliphatic rings. The predicted octanol–water partition coefficient (Wildman–Crippen LogP) is 1.97. The third-order valence-corrected chi connectivity index (χ3v) is 1.69. The maximum absolute atomic E-state index is 9.76. The van der Waals surface area contributed by atoms with Crippen LogP contribution in [-0.4, -0.2) is 43.2 Å². The molecule has 0 aromatic heterocycles. The normalized spacial score (nSPS) is 10.2. The molecule has 0 saturated heterocycles. The molecule has 0 heterocycles. The molecule has 0 rings (SSSR count). The Labute approximate surface area is 82.0 Å². The number of rotatable bonds is 4. The van der Waals surface area contributed by atoms with Crippen LogP contribution in [0.3, 0.4) is 0 Å². The smallest absolute Gasteiger partial charge is 0.303 e. The van der Waals surface area contributed by atoms with Crippen LogP contribution in [0.5, 0.6) is 0 Å². The summed E-state index contributed by atoms with van der Waals surface area (Å²) >= 11 is 0. The van der Waals surface area contributed by atoms with Crippen molar-refractivity contribution < 1.29 is 14.4 Å².